The molecule has 3 aliphatic heterocycles. The monoisotopic (exact) mass is 805 g/mol. The quantitative estimate of drug-likeness (QED) is 0.307. The number of hydrogen-bond donors (Lipinski definition) is 3. The van der Waals surface area contributed by atoms with E-state index in [-0.39, 0.29) is 25.3 Å². The Kier molecular flexibility index (Phi) is 10.4. The lowest BCUT2D eigenvalue weighted by Gasteiger charge is -2.42. The second-order valence-corrected chi connectivity index (χ2v) is 17.5. The van der Waals surface area contributed by atoms with E-state index in [9.17, 15) is 36.0 Å². The van der Waals surface area contributed by atoms with Crippen molar-refractivity contribution in [2.45, 2.75) is 119 Å². The Morgan fingerprint density at radius 2 is 1.93 bits per heavy atom. The van der Waals surface area contributed by atoms with Gasteiger partial charge < -0.3 is 34.5 Å². The molecule has 0 radical (unpaired) electrons. The van der Waals surface area contributed by atoms with Crippen molar-refractivity contribution in [2.75, 3.05) is 13.7 Å². The number of methoxy groups -OCH3 is 1. The Bertz CT molecular complexity index is 2060. The summed E-state index contributed by atoms with van der Waals surface area (Å²) in [5, 5.41) is 6.31. The molecule has 5 aliphatic rings. The average Bonchev–Trinajstić information content (AvgIpc) is 4.06. The van der Waals surface area contributed by atoms with E-state index in [0.717, 1.165) is 19.2 Å². The Balaban J connectivity index is 1.24. The Morgan fingerprint density at radius 3 is 2.62 bits per heavy atom. The molecular formula is C38H46F3N5O9S. The van der Waals surface area contributed by atoms with Crippen LogP contribution in [0.15, 0.2) is 54.4 Å². The SMILES string of the molecule is CC[C@@H]1O[C@@H]2C=C([C@H]1NC(=O)OC(C)(C)C(F)(F)F)N1C[C@H](Oc3nccc4cc(OC)ccc34)C[C@H]1C(=O)N[C@]1(C(=O)NS(=O)(=O)C3CC3)C[C@H]1/C=C\CC2. The fourth-order valence-electron chi connectivity index (χ4n) is 7.61. The number of halogens is 3. The predicted molar refractivity (Wildman–Crippen MR) is 196 cm³/mol. The van der Waals surface area contributed by atoms with Crippen molar-refractivity contribution < 1.29 is 54.9 Å². The third kappa shape index (κ3) is 7.86. The van der Waals surface area contributed by atoms with Gasteiger partial charge in [0.1, 0.15) is 23.4 Å². The molecule has 7 rings (SSSR count). The van der Waals surface area contributed by atoms with Gasteiger partial charge in [0.25, 0.3) is 5.91 Å². The number of aromatic nitrogens is 1. The van der Waals surface area contributed by atoms with E-state index in [4.69, 9.17) is 18.9 Å². The Labute approximate surface area is 322 Å². The highest BCUT2D eigenvalue weighted by molar-refractivity contribution is 7.91. The van der Waals surface area contributed by atoms with Crippen molar-refractivity contribution in [1.82, 2.24) is 25.2 Å². The van der Waals surface area contributed by atoms with Crippen LogP contribution in [0, 0.1) is 5.92 Å². The van der Waals surface area contributed by atoms with Gasteiger partial charge in [-0.1, -0.05) is 19.1 Å². The van der Waals surface area contributed by atoms with Crippen molar-refractivity contribution in [3.8, 4) is 11.6 Å². The maximum atomic E-state index is 14.6. The van der Waals surface area contributed by atoms with Gasteiger partial charge in [0.2, 0.25) is 27.4 Å². The van der Waals surface area contributed by atoms with Crippen LogP contribution in [0.2, 0.25) is 0 Å². The van der Waals surface area contributed by atoms with Crippen molar-refractivity contribution in [2.24, 2.45) is 5.92 Å². The first kappa shape index (κ1) is 39.6. The molecule has 3 fully saturated rings. The summed E-state index contributed by atoms with van der Waals surface area (Å²) in [6, 6.07) is 5.09. The molecule has 1 aromatic carbocycles. The summed E-state index contributed by atoms with van der Waals surface area (Å²) in [7, 11) is -2.38. The third-order valence-corrected chi connectivity index (χ3v) is 13.0. The first-order valence-electron chi connectivity index (χ1n) is 18.8. The molecule has 2 bridgehead atoms. The second-order valence-electron chi connectivity index (χ2n) is 15.5. The summed E-state index contributed by atoms with van der Waals surface area (Å²) in [4.78, 5) is 47.8. The van der Waals surface area contributed by atoms with Crippen molar-refractivity contribution >= 4 is 38.7 Å². The molecule has 304 valence electrons. The number of fused-ring (bicyclic) bond motifs is 5. The number of nitrogens with zero attached hydrogens (tertiary/aromatic N) is 2. The van der Waals surface area contributed by atoms with Gasteiger partial charge in [-0.25, -0.2) is 18.2 Å². The van der Waals surface area contributed by atoms with Crippen LogP contribution >= 0.6 is 0 Å². The number of amides is 3. The van der Waals surface area contributed by atoms with Crippen LogP contribution in [-0.4, -0.2) is 103 Å². The zero-order valence-corrected chi connectivity index (χ0v) is 32.2. The number of pyridine rings is 1. The summed E-state index contributed by atoms with van der Waals surface area (Å²) < 4.78 is 92.3. The number of sulfonamides is 1. The zero-order valence-electron chi connectivity index (χ0n) is 31.4. The fraction of sp³-hybridized carbons (Fsp3) is 0.579. The van der Waals surface area contributed by atoms with Gasteiger partial charge in [-0.15, -0.1) is 0 Å². The highest BCUT2D eigenvalue weighted by Gasteiger charge is 2.62. The minimum Gasteiger partial charge on any atom is -0.497 e. The lowest BCUT2D eigenvalue weighted by atomic mass is 9.96. The lowest BCUT2D eigenvalue weighted by Crippen LogP contribution is -2.59. The van der Waals surface area contributed by atoms with Gasteiger partial charge in [-0.3, -0.25) is 14.3 Å². The van der Waals surface area contributed by atoms with Crippen LogP contribution in [0.1, 0.15) is 65.7 Å². The summed E-state index contributed by atoms with van der Waals surface area (Å²) in [6.07, 6.45) is 1.27. The van der Waals surface area contributed by atoms with E-state index in [2.05, 4.69) is 20.3 Å². The number of rotatable bonds is 9. The highest BCUT2D eigenvalue weighted by atomic mass is 32.2. The van der Waals surface area contributed by atoms with Crippen LogP contribution in [0.5, 0.6) is 11.6 Å². The van der Waals surface area contributed by atoms with Crippen LogP contribution in [0.25, 0.3) is 10.8 Å². The minimum absolute atomic E-state index is 0.0660. The molecule has 4 heterocycles. The number of allylic oxidation sites excluding steroid dienone is 1. The maximum absolute atomic E-state index is 14.6. The number of carbonyl (C=O) groups excluding carboxylic acids is 3. The van der Waals surface area contributed by atoms with Crippen molar-refractivity contribution in [3.63, 3.8) is 0 Å². The number of alkyl carbamates (subject to hydrolysis) is 1. The van der Waals surface area contributed by atoms with Crippen LogP contribution < -0.4 is 24.8 Å². The standard InChI is InChI=1S/C38H46F3N5O9S/c1-5-30-31(43-35(49)55-36(2,3)38(39,40)41)28-17-24(53-30)9-7-6-8-22-19-37(22,34(48)45-56(50,51)26-11-12-26)44-32(47)29-18-25(20-46(28)29)54-33-27-13-10-23(52-4)16-21(27)14-15-42-33/h6,8,10,13-17,22,24-26,29-31H,5,7,9,11-12,18-20H2,1-4H3,(H,43,49)(H,44,47)(H,45,48)/b8-6-/t22-,24+,25-,29+,30+,31-,37-/m1/s1. The first-order chi connectivity index (χ1) is 26.4. The molecule has 14 nitrogen and oxygen atoms in total. The molecule has 3 amide bonds. The number of carbonyl (C=O) groups is 3. The van der Waals surface area contributed by atoms with Crippen molar-refractivity contribution in [1.29, 1.82) is 0 Å². The molecule has 0 unspecified atom stereocenters. The Morgan fingerprint density at radius 1 is 1.16 bits per heavy atom. The van der Waals surface area contributed by atoms with Crippen LogP contribution in [-0.2, 0) is 29.1 Å². The molecule has 18 heteroatoms. The van der Waals surface area contributed by atoms with Gasteiger partial charge in [0.05, 0.1) is 37.2 Å². The normalized spacial score (nSPS) is 29.9. The summed E-state index contributed by atoms with van der Waals surface area (Å²) in [6.45, 7) is 3.37. The van der Waals surface area contributed by atoms with Crippen molar-refractivity contribution in [3.05, 3.63) is 54.4 Å². The summed E-state index contributed by atoms with van der Waals surface area (Å²) >= 11 is 0. The zero-order chi connectivity index (χ0) is 40.2. The molecule has 2 aliphatic carbocycles. The summed E-state index contributed by atoms with van der Waals surface area (Å²) in [5.41, 5.74) is -3.95. The summed E-state index contributed by atoms with van der Waals surface area (Å²) in [5.74, 6) is -0.988. The predicted octanol–water partition coefficient (Wildman–Crippen LogP) is 4.40. The van der Waals surface area contributed by atoms with E-state index in [1.54, 1.807) is 48.6 Å². The van der Waals surface area contributed by atoms with E-state index < -0.39 is 86.8 Å². The van der Waals surface area contributed by atoms with Gasteiger partial charge in [0.15, 0.2) is 0 Å². The van der Waals surface area contributed by atoms with E-state index >= 15 is 0 Å². The fourth-order valence-corrected chi connectivity index (χ4v) is 8.97. The number of nitrogens with one attached hydrogen (secondary N) is 3. The minimum atomic E-state index is -4.86. The molecule has 1 saturated heterocycles. The molecule has 2 aromatic rings. The number of benzene rings is 1. The van der Waals surface area contributed by atoms with Gasteiger partial charge in [0, 0.05) is 29.6 Å². The number of hydrogen-bond acceptors (Lipinski definition) is 11. The van der Waals surface area contributed by atoms with Crippen LogP contribution in [0.4, 0.5) is 18.0 Å². The number of ether oxygens (including phenoxy) is 4. The largest absolute Gasteiger partial charge is 0.497 e. The molecular weight excluding hydrogens is 760 g/mol. The third-order valence-electron chi connectivity index (χ3n) is 11.2. The first-order valence-corrected chi connectivity index (χ1v) is 20.3. The van der Waals surface area contributed by atoms with E-state index in [1.807, 2.05) is 19.1 Å². The smallest absolute Gasteiger partial charge is 0.427 e. The second kappa shape index (κ2) is 14.7. The molecule has 1 aromatic heterocycles. The maximum Gasteiger partial charge on any atom is 0.427 e. The van der Waals surface area contributed by atoms with E-state index in [0.29, 0.717) is 48.9 Å². The van der Waals surface area contributed by atoms with Gasteiger partial charge >= 0.3 is 12.3 Å². The molecule has 56 heavy (non-hydrogen) atoms. The molecule has 3 N–H and O–H groups in total. The van der Waals surface area contributed by atoms with Crippen LogP contribution in [0.3, 0.4) is 0 Å². The Hall–Kier alpha value is -4.58. The molecule has 0 spiro atoms. The van der Waals surface area contributed by atoms with E-state index in [1.165, 1.54) is 0 Å². The molecule has 2 saturated carbocycles. The molecule has 7 atom stereocenters. The van der Waals surface area contributed by atoms with Gasteiger partial charge in [-0.2, -0.15) is 13.2 Å². The number of alkyl halides is 3. The van der Waals surface area contributed by atoms with Gasteiger partial charge in [-0.05, 0) is 88.1 Å². The lowest BCUT2D eigenvalue weighted by molar-refractivity contribution is -0.244. The highest BCUT2D eigenvalue weighted by Crippen LogP contribution is 2.47. The average molecular weight is 806 g/mol. The topological polar surface area (TPSA) is 174 Å².